The maximum Gasteiger partial charge on any atom is 0.148 e. The Morgan fingerprint density at radius 3 is 3.24 bits per heavy atom. The number of rotatable bonds is 1. The zero-order valence-electron chi connectivity index (χ0n) is 9.48. The second kappa shape index (κ2) is 4.04. The van der Waals surface area contributed by atoms with Crippen LogP contribution in [0.2, 0.25) is 5.15 Å². The van der Waals surface area contributed by atoms with Crippen LogP contribution in [-0.2, 0) is 13.0 Å². The van der Waals surface area contributed by atoms with Crippen molar-refractivity contribution in [2.24, 2.45) is 0 Å². The molecule has 0 unspecified atom stereocenters. The SMILES string of the molecule is CCc1cn2c(n1)-c1cc(Cl)ncc1OCC2. The van der Waals surface area contributed by atoms with Gasteiger partial charge in [0, 0.05) is 6.20 Å². The van der Waals surface area contributed by atoms with Crippen molar-refractivity contribution < 1.29 is 4.74 Å². The van der Waals surface area contributed by atoms with Gasteiger partial charge < -0.3 is 9.30 Å². The number of fused-ring (bicyclic) bond motifs is 3. The molecule has 0 N–H and O–H groups in total. The van der Waals surface area contributed by atoms with E-state index in [1.54, 1.807) is 12.3 Å². The van der Waals surface area contributed by atoms with E-state index in [9.17, 15) is 0 Å². The molecule has 0 spiro atoms. The molecule has 0 bridgehead atoms. The zero-order valence-corrected chi connectivity index (χ0v) is 10.2. The minimum absolute atomic E-state index is 0.460. The highest BCUT2D eigenvalue weighted by molar-refractivity contribution is 6.29. The summed E-state index contributed by atoms with van der Waals surface area (Å²) in [5.41, 5.74) is 2.00. The molecule has 0 atom stereocenters. The van der Waals surface area contributed by atoms with Gasteiger partial charge in [0.1, 0.15) is 23.3 Å². The number of hydrogen-bond donors (Lipinski definition) is 0. The molecule has 17 heavy (non-hydrogen) atoms. The summed E-state index contributed by atoms with van der Waals surface area (Å²) in [6.45, 7) is 3.52. The highest BCUT2D eigenvalue weighted by Gasteiger charge is 2.18. The van der Waals surface area contributed by atoms with E-state index in [0.29, 0.717) is 11.8 Å². The van der Waals surface area contributed by atoms with Gasteiger partial charge in [0.2, 0.25) is 0 Å². The van der Waals surface area contributed by atoms with Crippen molar-refractivity contribution in [1.82, 2.24) is 14.5 Å². The van der Waals surface area contributed by atoms with Gasteiger partial charge in [-0.2, -0.15) is 0 Å². The molecule has 5 heteroatoms. The van der Waals surface area contributed by atoms with Crippen LogP contribution >= 0.6 is 11.6 Å². The molecule has 0 aliphatic carbocycles. The summed E-state index contributed by atoms with van der Waals surface area (Å²) in [7, 11) is 0. The van der Waals surface area contributed by atoms with Crippen molar-refractivity contribution in [1.29, 1.82) is 0 Å². The molecular formula is C12H12ClN3O. The molecule has 3 heterocycles. The van der Waals surface area contributed by atoms with Gasteiger partial charge in [-0.15, -0.1) is 0 Å². The van der Waals surface area contributed by atoms with Gasteiger partial charge in [-0.1, -0.05) is 18.5 Å². The molecule has 2 aromatic heterocycles. The predicted octanol–water partition coefficient (Wildman–Crippen LogP) is 2.55. The molecule has 0 fully saturated rings. The van der Waals surface area contributed by atoms with Gasteiger partial charge in [-0.05, 0) is 12.5 Å². The van der Waals surface area contributed by atoms with Crippen LogP contribution in [0.25, 0.3) is 11.4 Å². The van der Waals surface area contributed by atoms with E-state index in [4.69, 9.17) is 16.3 Å². The lowest BCUT2D eigenvalue weighted by molar-refractivity contribution is 0.305. The first-order chi connectivity index (χ1) is 8.28. The highest BCUT2D eigenvalue weighted by atomic mass is 35.5. The van der Waals surface area contributed by atoms with Crippen molar-refractivity contribution in [2.75, 3.05) is 6.61 Å². The number of imidazole rings is 1. The van der Waals surface area contributed by atoms with E-state index in [2.05, 4.69) is 27.7 Å². The fourth-order valence-corrected chi connectivity index (χ4v) is 2.14. The lowest BCUT2D eigenvalue weighted by Crippen LogP contribution is -2.04. The molecular weight excluding hydrogens is 238 g/mol. The minimum atomic E-state index is 0.460. The Hall–Kier alpha value is -1.55. The second-order valence-electron chi connectivity index (χ2n) is 3.95. The van der Waals surface area contributed by atoms with E-state index in [0.717, 1.165) is 35.8 Å². The molecule has 0 saturated heterocycles. The van der Waals surface area contributed by atoms with Gasteiger partial charge in [0.15, 0.2) is 0 Å². The average molecular weight is 250 g/mol. The van der Waals surface area contributed by atoms with Crippen molar-refractivity contribution >= 4 is 11.6 Å². The van der Waals surface area contributed by atoms with Crippen LogP contribution in [0.1, 0.15) is 12.6 Å². The number of aromatic nitrogens is 3. The number of halogens is 1. The van der Waals surface area contributed by atoms with Gasteiger partial charge in [-0.25, -0.2) is 9.97 Å². The maximum absolute atomic E-state index is 5.93. The lowest BCUT2D eigenvalue weighted by atomic mass is 10.2. The van der Waals surface area contributed by atoms with Crippen molar-refractivity contribution in [2.45, 2.75) is 19.9 Å². The summed E-state index contributed by atoms with van der Waals surface area (Å²) < 4.78 is 7.75. The second-order valence-corrected chi connectivity index (χ2v) is 4.34. The molecule has 1 aliphatic heterocycles. The number of ether oxygens (including phenoxy) is 1. The van der Waals surface area contributed by atoms with Gasteiger partial charge in [0.25, 0.3) is 0 Å². The van der Waals surface area contributed by atoms with Crippen LogP contribution in [0.15, 0.2) is 18.5 Å². The largest absolute Gasteiger partial charge is 0.489 e. The number of pyridine rings is 1. The Morgan fingerprint density at radius 2 is 2.41 bits per heavy atom. The Labute approximate surface area is 104 Å². The molecule has 0 radical (unpaired) electrons. The Bertz CT molecular complexity index is 565. The van der Waals surface area contributed by atoms with Crippen LogP contribution in [-0.4, -0.2) is 21.1 Å². The van der Waals surface area contributed by atoms with Crippen molar-refractivity contribution in [3.05, 3.63) is 29.3 Å². The quantitative estimate of drug-likeness (QED) is 0.730. The first-order valence-corrected chi connectivity index (χ1v) is 6.00. The zero-order chi connectivity index (χ0) is 11.8. The van der Waals surface area contributed by atoms with Gasteiger partial charge in [-0.3, -0.25) is 0 Å². The van der Waals surface area contributed by atoms with E-state index in [1.807, 2.05) is 0 Å². The van der Waals surface area contributed by atoms with E-state index < -0.39 is 0 Å². The molecule has 0 aromatic carbocycles. The molecule has 0 amide bonds. The molecule has 1 aliphatic rings. The summed E-state index contributed by atoms with van der Waals surface area (Å²) in [5.74, 6) is 1.67. The monoisotopic (exact) mass is 249 g/mol. The number of nitrogens with zero attached hydrogens (tertiary/aromatic N) is 3. The third-order valence-corrected chi connectivity index (χ3v) is 3.06. The third-order valence-electron chi connectivity index (χ3n) is 2.85. The third kappa shape index (κ3) is 1.78. The van der Waals surface area contributed by atoms with Crippen molar-refractivity contribution in [3.8, 4) is 17.1 Å². The van der Waals surface area contributed by atoms with Crippen LogP contribution in [0, 0.1) is 0 Å². The van der Waals surface area contributed by atoms with Crippen LogP contribution in [0.3, 0.4) is 0 Å². The van der Waals surface area contributed by atoms with Gasteiger partial charge in [0.05, 0.1) is 24.0 Å². The first-order valence-electron chi connectivity index (χ1n) is 5.62. The fraction of sp³-hybridized carbons (Fsp3) is 0.333. The average Bonchev–Trinajstić information content (AvgIpc) is 2.67. The first kappa shape index (κ1) is 10.6. The Morgan fingerprint density at radius 1 is 1.53 bits per heavy atom. The topological polar surface area (TPSA) is 39.9 Å². The van der Waals surface area contributed by atoms with Crippen LogP contribution in [0.5, 0.6) is 5.75 Å². The van der Waals surface area contributed by atoms with E-state index in [-0.39, 0.29) is 0 Å². The lowest BCUT2D eigenvalue weighted by Gasteiger charge is -2.05. The van der Waals surface area contributed by atoms with Crippen LogP contribution < -0.4 is 4.74 Å². The molecule has 4 nitrogen and oxygen atoms in total. The Kier molecular flexibility index (Phi) is 2.52. The molecule has 3 rings (SSSR count). The van der Waals surface area contributed by atoms with E-state index in [1.165, 1.54) is 0 Å². The molecule has 0 saturated carbocycles. The smallest absolute Gasteiger partial charge is 0.148 e. The predicted molar refractivity (Wildman–Crippen MR) is 65.3 cm³/mol. The molecule has 88 valence electrons. The summed E-state index contributed by atoms with van der Waals surface area (Å²) in [6, 6.07) is 1.81. The summed E-state index contributed by atoms with van der Waals surface area (Å²) in [6.07, 6.45) is 4.66. The summed E-state index contributed by atoms with van der Waals surface area (Å²) >= 11 is 5.93. The summed E-state index contributed by atoms with van der Waals surface area (Å²) in [4.78, 5) is 8.65. The van der Waals surface area contributed by atoms with Gasteiger partial charge >= 0.3 is 0 Å². The standard InChI is InChI=1S/C12H12ClN3O/c1-2-8-7-16-3-4-17-10-6-14-11(13)5-9(10)12(16)15-8/h5-7H,2-4H2,1H3. The fourth-order valence-electron chi connectivity index (χ4n) is 1.99. The Balaban J connectivity index is 2.21. The van der Waals surface area contributed by atoms with Crippen molar-refractivity contribution in [3.63, 3.8) is 0 Å². The number of aryl methyl sites for hydroxylation is 1. The molecule has 2 aromatic rings. The van der Waals surface area contributed by atoms with Crippen LogP contribution in [0.4, 0.5) is 0 Å². The van der Waals surface area contributed by atoms with E-state index >= 15 is 0 Å². The minimum Gasteiger partial charge on any atom is -0.489 e. The summed E-state index contributed by atoms with van der Waals surface area (Å²) in [5, 5.41) is 0.460. The highest BCUT2D eigenvalue weighted by Crippen LogP contribution is 2.32. The maximum atomic E-state index is 5.93. The normalized spacial score (nSPS) is 13.5. The number of hydrogen-bond acceptors (Lipinski definition) is 3.